The number of carbonyl (C=O) groups is 1. The van der Waals surface area contributed by atoms with Crippen molar-refractivity contribution in [3.8, 4) is 6.07 Å². The Morgan fingerprint density at radius 3 is 2.88 bits per heavy atom. The Hall–Kier alpha value is -1.86. The van der Waals surface area contributed by atoms with Crippen LogP contribution < -0.4 is 0 Å². The van der Waals surface area contributed by atoms with Crippen molar-refractivity contribution in [2.75, 3.05) is 13.2 Å². The standard InChI is InChI=1S/C12H13NO3/c1-2-16-12(14)9-15-8-11-6-4-3-5-10(11)7-13/h3-6H,2,8-9H2,1H3. The average Bonchev–Trinajstić information content (AvgIpc) is 2.30. The first-order valence-corrected chi connectivity index (χ1v) is 4.99. The van der Waals surface area contributed by atoms with Gasteiger partial charge in [-0.05, 0) is 18.6 Å². The van der Waals surface area contributed by atoms with Crippen molar-refractivity contribution in [1.82, 2.24) is 0 Å². The normalized spacial score (nSPS) is 9.50. The number of nitrogens with zero attached hydrogens (tertiary/aromatic N) is 1. The third kappa shape index (κ3) is 3.71. The predicted molar refractivity (Wildman–Crippen MR) is 57.4 cm³/mol. The molecule has 0 aliphatic rings. The number of rotatable bonds is 5. The molecule has 1 aromatic carbocycles. The van der Waals surface area contributed by atoms with Gasteiger partial charge in [-0.15, -0.1) is 0 Å². The van der Waals surface area contributed by atoms with Gasteiger partial charge in [0.2, 0.25) is 0 Å². The third-order valence-electron chi connectivity index (χ3n) is 1.92. The van der Waals surface area contributed by atoms with Crippen LogP contribution in [0.25, 0.3) is 0 Å². The fraction of sp³-hybridized carbons (Fsp3) is 0.333. The van der Waals surface area contributed by atoms with Crippen molar-refractivity contribution < 1.29 is 14.3 Å². The van der Waals surface area contributed by atoms with Crippen LogP contribution >= 0.6 is 0 Å². The van der Waals surface area contributed by atoms with Crippen LogP contribution in [0.1, 0.15) is 18.1 Å². The molecule has 1 rings (SSSR count). The first-order valence-electron chi connectivity index (χ1n) is 4.99. The van der Waals surface area contributed by atoms with E-state index in [0.29, 0.717) is 12.2 Å². The number of ether oxygens (including phenoxy) is 2. The molecule has 0 amide bonds. The smallest absolute Gasteiger partial charge is 0.332 e. The van der Waals surface area contributed by atoms with Crippen molar-refractivity contribution in [2.45, 2.75) is 13.5 Å². The Morgan fingerprint density at radius 1 is 1.44 bits per heavy atom. The van der Waals surface area contributed by atoms with Crippen LogP contribution in [0.2, 0.25) is 0 Å². The van der Waals surface area contributed by atoms with Crippen molar-refractivity contribution in [2.24, 2.45) is 0 Å². The largest absolute Gasteiger partial charge is 0.464 e. The van der Waals surface area contributed by atoms with E-state index in [1.165, 1.54) is 0 Å². The Balaban J connectivity index is 2.43. The van der Waals surface area contributed by atoms with Gasteiger partial charge in [-0.3, -0.25) is 0 Å². The van der Waals surface area contributed by atoms with Crippen molar-refractivity contribution >= 4 is 5.97 Å². The fourth-order valence-corrected chi connectivity index (χ4v) is 1.20. The molecule has 0 fully saturated rings. The molecule has 1 aromatic rings. The van der Waals surface area contributed by atoms with Gasteiger partial charge >= 0.3 is 5.97 Å². The minimum atomic E-state index is -0.392. The molecule has 0 N–H and O–H groups in total. The molecule has 16 heavy (non-hydrogen) atoms. The molecule has 0 spiro atoms. The summed E-state index contributed by atoms with van der Waals surface area (Å²) in [4.78, 5) is 11.0. The number of hydrogen-bond acceptors (Lipinski definition) is 4. The van der Waals surface area contributed by atoms with Crippen LogP contribution in [0.5, 0.6) is 0 Å². The lowest BCUT2D eigenvalue weighted by Crippen LogP contribution is -2.12. The van der Waals surface area contributed by atoms with Crippen LogP contribution in [0.15, 0.2) is 24.3 Å². The molecule has 0 radical (unpaired) electrons. The molecule has 0 aliphatic carbocycles. The molecule has 0 heterocycles. The molecule has 4 heteroatoms. The summed E-state index contributed by atoms with van der Waals surface area (Å²) in [6.07, 6.45) is 0. The van der Waals surface area contributed by atoms with Gasteiger partial charge in [0.15, 0.2) is 0 Å². The van der Waals surface area contributed by atoms with Gasteiger partial charge in [-0.25, -0.2) is 4.79 Å². The summed E-state index contributed by atoms with van der Waals surface area (Å²) in [6, 6.07) is 9.18. The van der Waals surface area contributed by atoms with Gasteiger partial charge in [0.05, 0.1) is 24.8 Å². The van der Waals surface area contributed by atoms with Gasteiger partial charge < -0.3 is 9.47 Å². The summed E-state index contributed by atoms with van der Waals surface area (Å²) in [5.74, 6) is -0.392. The second-order valence-electron chi connectivity index (χ2n) is 3.07. The van der Waals surface area contributed by atoms with E-state index in [4.69, 9.17) is 14.7 Å². The molecule has 0 saturated carbocycles. The first-order chi connectivity index (χ1) is 7.77. The van der Waals surface area contributed by atoms with E-state index in [9.17, 15) is 4.79 Å². The van der Waals surface area contributed by atoms with Crippen LogP contribution in [0.4, 0.5) is 0 Å². The molecule has 0 atom stereocenters. The molecule has 0 aromatic heterocycles. The van der Waals surface area contributed by atoms with Crippen LogP contribution in [0.3, 0.4) is 0 Å². The predicted octanol–water partition coefficient (Wildman–Crippen LogP) is 1.64. The molecule has 0 aliphatic heterocycles. The monoisotopic (exact) mass is 219 g/mol. The maximum absolute atomic E-state index is 11.0. The SMILES string of the molecule is CCOC(=O)COCc1ccccc1C#N. The summed E-state index contributed by atoms with van der Waals surface area (Å²) < 4.78 is 9.86. The van der Waals surface area contributed by atoms with Gasteiger partial charge in [-0.2, -0.15) is 5.26 Å². The highest BCUT2D eigenvalue weighted by molar-refractivity contribution is 5.70. The minimum absolute atomic E-state index is 0.0897. The average molecular weight is 219 g/mol. The Kier molecular flexibility index (Phi) is 5.03. The van der Waals surface area contributed by atoms with Gasteiger partial charge in [0, 0.05) is 0 Å². The van der Waals surface area contributed by atoms with Crippen LogP contribution in [0, 0.1) is 11.3 Å². The fourth-order valence-electron chi connectivity index (χ4n) is 1.20. The van der Waals surface area contributed by atoms with E-state index in [1.807, 2.05) is 6.07 Å². The number of esters is 1. The summed E-state index contributed by atoms with van der Waals surface area (Å²) in [6.45, 7) is 2.23. The molecular weight excluding hydrogens is 206 g/mol. The molecule has 84 valence electrons. The van der Waals surface area contributed by atoms with E-state index in [-0.39, 0.29) is 13.2 Å². The van der Waals surface area contributed by atoms with Crippen LogP contribution in [-0.4, -0.2) is 19.2 Å². The molecule has 0 unspecified atom stereocenters. The summed E-state index contributed by atoms with van der Waals surface area (Å²) in [5, 5.41) is 8.81. The lowest BCUT2D eigenvalue weighted by Gasteiger charge is -2.05. The lowest BCUT2D eigenvalue weighted by atomic mass is 10.1. The second-order valence-corrected chi connectivity index (χ2v) is 3.07. The summed E-state index contributed by atoms with van der Waals surface area (Å²) in [5.41, 5.74) is 1.33. The van der Waals surface area contributed by atoms with E-state index in [1.54, 1.807) is 25.1 Å². The topological polar surface area (TPSA) is 59.3 Å². The van der Waals surface area contributed by atoms with Crippen molar-refractivity contribution in [3.05, 3.63) is 35.4 Å². The molecule has 4 nitrogen and oxygen atoms in total. The van der Waals surface area contributed by atoms with E-state index < -0.39 is 5.97 Å². The quantitative estimate of drug-likeness (QED) is 0.706. The van der Waals surface area contributed by atoms with Gasteiger partial charge in [-0.1, -0.05) is 18.2 Å². The second kappa shape index (κ2) is 6.59. The zero-order valence-electron chi connectivity index (χ0n) is 9.10. The van der Waals surface area contributed by atoms with E-state index in [2.05, 4.69) is 6.07 Å². The van der Waals surface area contributed by atoms with E-state index >= 15 is 0 Å². The Labute approximate surface area is 94.4 Å². The first kappa shape index (κ1) is 12.2. The third-order valence-corrected chi connectivity index (χ3v) is 1.92. The van der Waals surface area contributed by atoms with Crippen molar-refractivity contribution in [1.29, 1.82) is 5.26 Å². The summed E-state index contributed by atoms with van der Waals surface area (Å²) in [7, 11) is 0. The molecular formula is C12H13NO3. The highest BCUT2D eigenvalue weighted by Crippen LogP contribution is 2.08. The van der Waals surface area contributed by atoms with Crippen molar-refractivity contribution in [3.63, 3.8) is 0 Å². The highest BCUT2D eigenvalue weighted by Gasteiger charge is 2.04. The molecule has 0 saturated heterocycles. The number of nitriles is 1. The number of hydrogen-bond donors (Lipinski definition) is 0. The van der Waals surface area contributed by atoms with Crippen LogP contribution in [-0.2, 0) is 20.9 Å². The number of benzene rings is 1. The Morgan fingerprint density at radius 2 is 2.19 bits per heavy atom. The van der Waals surface area contributed by atoms with E-state index in [0.717, 1.165) is 5.56 Å². The Bertz CT molecular complexity index is 395. The van der Waals surface area contributed by atoms with Gasteiger partial charge in [0.25, 0.3) is 0 Å². The zero-order chi connectivity index (χ0) is 11.8. The molecule has 0 bridgehead atoms. The minimum Gasteiger partial charge on any atom is -0.464 e. The maximum Gasteiger partial charge on any atom is 0.332 e. The number of carbonyl (C=O) groups excluding carboxylic acids is 1. The lowest BCUT2D eigenvalue weighted by molar-refractivity contribution is -0.148. The maximum atomic E-state index is 11.0. The zero-order valence-corrected chi connectivity index (χ0v) is 9.10. The summed E-state index contributed by atoms with van der Waals surface area (Å²) >= 11 is 0. The van der Waals surface area contributed by atoms with Gasteiger partial charge in [0.1, 0.15) is 6.61 Å². The highest BCUT2D eigenvalue weighted by atomic mass is 16.6.